The third-order valence-corrected chi connectivity index (χ3v) is 2.93. The monoisotopic (exact) mass is 300 g/mol. The van der Waals surface area contributed by atoms with Crippen molar-refractivity contribution < 1.29 is 9.53 Å². The van der Waals surface area contributed by atoms with Crippen LogP contribution in [0.3, 0.4) is 0 Å². The first-order valence-corrected chi connectivity index (χ1v) is 6.16. The van der Waals surface area contributed by atoms with Gasteiger partial charge in [-0.15, -0.1) is 0 Å². The van der Waals surface area contributed by atoms with E-state index in [0.717, 1.165) is 16.5 Å². The van der Waals surface area contributed by atoms with Crippen LogP contribution in [0.2, 0.25) is 0 Å². The zero-order chi connectivity index (χ0) is 12.8. The summed E-state index contributed by atoms with van der Waals surface area (Å²) in [6.07, 6.45) is 0.727. The van der Waals surface area contributed by atoms with Crippen molar-refractivity contribution in [2.45, 2.75) is 6.42 Å². The van der Waals surface area contributed by atoms with E-state index >= 15 is 0 Å². The van der Waals surface area contributed by atoms with E-state index < -0.39 is 0 Å². The molecule has 1 rings (SSSR count). The van der Waals surface area contributed by atoms with Crippen molar-refractivity contribution in [2.24, 2.45) is 5.73 Å². The molecule has 0 aliphatic heterocycles. The van der Waals surface area contributed by atoms with Crippen LogP contribution in [0.15, 0.2) is 22.7 Å². The number of halogens is 1. The van der Waals surface area contributed by atoms with Crippen LogP contribution in [0, 0.1) is 0 Å². The molecule has 0 aliphatic carbocycles. The van der Waals surface area contributed by atoms with E-state index in [9.17, 15) is 4.79 Å². The highest BCUT2D eigenvalue weighted by Gasteiger charge is 2.10. The summed E-state index contributed by atoms with van der Waals surface area (Å²) in [5, 5.41) is 0. The molecule has 2 N–H and O–H groups in total. The molecule has 1 aromatic rings. The number of amides is 1. The maximum absolute atomic E-state index is 11.5. The number of rotatable bonds is 5. The number of benzene rings is 1. The van der Waals surface area contributed by atoms with Gasteiger partial charge in [-0.05, 0) is 40.5 Å². The number of carbonyl (C=O) groups excluding carboxylic acids is 1. The summed E-state index contributed by atoms with van der Waals surface area (Å²) < 4.78 is 6.39. The first kappa shape index (κ1) is 14.0. The predicted molar refractivity (Wildman–Crippen MR) is 71.1 cm³/mol. The van der Waals surface area contributed by atoms with Crippen LogP contribution in [0.5, 0.6) is 5.75 Å². The SMILES string of the molecule is CN(C)C(=O)COc1c(Br)cccc1CCN. The first-order valence-electron chi connectivity index (χ1n) is 5.36. The van der Waals surface area contributed by atoms with Gasteiger partial charge >= 0.3 is 0 Å². The van der Waals surface area contributed by atoms with Gasteiger partial charge in [-0.2, -0.15) is 0 Å². The number of hydrogen-bond acceptors (Lipinski definition) is 3. The van der Waals surface area contributed by atoms with Crippen LogP contribution < -0.4 is 10.5 Å². The summed E-state index contributed by atoms with van der Waals surface area (Å²) in [6.45, 7) is 0.585. The average molecular weight is 301 g/mol. The van der Waals surface area contributed by atoms with Gasteiger partial charge in [-0.3, -0.25) is 4.79 Å². The van der Waals surface area contributed by atoms with Crippen LogP contribution >= 0.6 is 15.9 Å². The fourth-order valence-electron chi connectivity index (χ4n) is 1.33. The second-order valence-corrected chi connectivity index (χ2v) is 4.70. The molecule has 94 valence electrons. The van der Waals surface area contributed by atoms with Crippen LogP contribution in [-0.4, -0.2) is 38.1 Å². The number of carbonyl (C=O) groups is 1. The highest BCUT2D eigenvalue weighted by molar-refractivity contribution is 9.10. The van der Waals surface area contributed by atoms with E-state index in [0.29, 0.717) is 12.3 Å². The molecular weight excluding hydrogens is 284 g/mol. The smallest absolute Gasteiger partial charge is 0.259 e. The molecule has 0 saturated carbocycles. The molecule has 0 heterocycles. The molecule has 0 spiro atoms. The molecule has 0 radical (unpaired) electrons. The maximum Gasteiger partial charge on any atom is 0.259 e. The number of ether oxygens (including phenoxy) is 1. The summed E-state index contributed by atoms with van der Waals surface area (Å²) >= 11 is 3.41. The quantitative estimate of drug-likeness (QED) is 0.895. The predicted octanol–water partition coefficient (Wildman–Crippen LogP) is 1.42. The molecule has 4 nitrogen and oxygen atoms in total. The molecule has 1 amide bonds. The summed E-state index contributed by atoms with van der Waals surface area (Å²) in [5.41, 5.74) is 6.55. The van der Waals surface area contributed by atoms with Crippen molar-refractivity contribution in [3.05, 3.63) is 28.2 Å². The third kappa shape index (κ3) is 4.02. The van der Waals surface area contributed by atoms with Crippen molar-refractivity contribution in [3.63, 3.8) is 0 Å². The molecular formula is C12H17BrN2O2. The molecule has 0 atom stereocenters. The van der Waals surface area contributed by atoms with Gasteiger partial charge in [0.25, 0.3) is 5.91 Å². The van der Waals surface area contributed by atoms with E-state index in [2.05, 4.69) is 15.9 Å². The Kier molecular flexibility index (Phi) is 5.44. The van der Waals surface area contributed by atoms with E-state index in [-0.39, 0.29) is 12.5 Å². The molecule has 1 aromatic carbocycles. The molecule has 0 bridgehead atoms. The number of likely N-dealkylation sites (N-methyl/N-ethyl adjacent to an activating group) is 1. The molecule has 0 fully saturated rings. The van der Waals surface area contributed by atoms with Gasteiger partial charge in [-0.1, -0.05) is 12.1 Å². The molecule has 17 heavy (non-hydrogen) atoms. The summed E-state index contributed by atoms with van der Waals surface area (Å²) in [5.74, 6) is 0.632. The van der Waals surface area contributed by atoms with E-state index in [4.69, 9.17) is 10.5 Å². The van der Waals surface area contributed by atoms with Gasteiger partial charge in [0.2, 0.25) is 0 Å². The number of nitrogens with zero attached hydrogens (tertiary/aromatic N) is 1. The first-order chi connectivity index (χ1) is 8.06. The van der Waals surface area contributed by atoms with Crippen LogP contribution in [0.1, 0.15) is 5.56 Å². The van der Waals surface area contributed by atoms with Crippen LogP contribution in [0.25, 0.3) is 0 Å². The van der Waals surface area contributed by atoms with Crippen molar-refractivity contribution in [2.75, 3.05) is 27.2 Å². The van der Waals surface area contributed by atoms with Gasteiger partial charge in [0.15, 0.2) is 6.61 Å². The van der Waals surface area contributed by atoms with Crippen molar-refractivity contribution in [1.82, 2.24) is 4.90 Å². The lowest BCUT2D eigenvalue weighted by Crippen LogP contribution is -2.27. The lowest BCUT2D eigenvalue weighted by molar-refractivity contribution is -0.130. The Labute approximate surface area is 110 Å². The zero-order valence-corrected chi connectivity index (χ0v) is 11.7. The van der Waals surface area contributed by atoms with Gasteiger partial charge < -0.3 is 15.4 Å². The summed E-state index contributed by atoms with van der Waals surface area (Å²) in [7, 11) is 3.40. The number of nitrogens with two attached hydrogens (primary N) is 1. The maximum atomic E-state index is 11.5. The van der Waals surface area contributed by atoms with Crippen molar-refractivity contribution in [1.29, 1.82) is 0 Å². The average Bonchev–Trinajstić information content (AvgIpc) is 2.28. The Morgan fingerprint density at radius 2 is 2.18 bits per heavy atom. The van der Waals surface area contributed by atoms with Gasteiger partial charge in [0.1, 0.15) is 5.75 Å². The standard InChI is InChI=1S/C12H17BrN2O2/c1-15(2)11(16)8-17-12-9(6-7-14)4-3-5-10(12)13/h3-5H,6-8,14H2,1-2H3. The van der Waals surface area contributed by atoms with E-state index in [1.165, 1.54) is 4.90 Å². The topological polar surface area (TPSA) is 55.6 Å². The highest BCUT2D eigenvalue weighted by Crippen LogP contribution is 2.29. The summed E-state index contributed by atoms with van der Waals surface area (Å²) in [4.78, 5) is 13.0. The molecule has 0 aliphatic rings. The third-order valence-electron chi connectivity index (χ3n) is 2.30. The lowest BCUT2D eigenvalue weighted by atomic mass is 10.1. The second-order valence-electron chi connectivity index (χ2n) is 3.84. The van der Waals surface area contributed by atoms with Gasteiger partial charge in [0.05, 0.1) is 4.47 Å². The van der Waals surface area contributed by atoms with Crippen LogP contribution in [0.4, 0.5) is 0 Å². The minimum atomic E-state index is -0.0700. The Morgan fingerprint density at radius 3 is 2.76 bits per heavy atom. The second kappa shape index (κ2) is 6.61. The zero-order valence-electron chi connectivity index (χ0n) is 10.1. The largest absolute Gasteiger partial charge is 0.482 e. The Balaban J connectivity index is 2.78. The Hall–Kier alpha value is -1.07. The van der Waals surface area contributed by atoms with Crippen LogP contribution in [-0.2, 0) is 11.2 Å². The van der Waals surface area contributed by atoms with E-state index in [1.54, 1.807) is 14.1 Å². The fourth-order valence-corrected chi connectivity index (χ4v) is 1.85. The van der Waals surface area contributed by atoms with E-state index in [1.807, 2.05) is 18.2 Å². The molecule has 5 heteroatoms. The normalized spacial score (nSPS) is 10.1. The van der Waals surface area contributed by atoms with Gasteiger partial charge in [-0.25, -0.2) is 0 Å². The van der Waals surface area contributed by atoms with Crippen molar-refractivity contribution >= 4 is 21.8 Å². The lowest BCUT2D eigenvalue weighted by Gasteiger charge is -2.15. The van der Waals surface area contributed by atoms with Crippen molar-refractivity contribution in [3.8, 4) is 5.75 Å². The molecule has 0 unspecified atom stereocenters. The fraction of sp³-hybridized carbons (Fsp3) is 0.417. The number of hydrogen-bond donors (Lipinski definition) is 1. The molecule has 0 aromatic heterocycles. The van der Waals surface area contributed by atoms with Gasteiger partial charge in [0, 0.05) is 14.1 Å². The molecule has 0 saturated heterocycles. The number of para-hydroxylation sites is 1. The Morgan fingerprint density at radius 1 is 1.47 bits per heavy atom. The summed E-state index contributed by atoms with van der Waals surface area (Å²) in [6, 6.07) is 5.76. The minimum absolute atomic E-state index is 0.0349. The highest BCUT2D eigenvalue weighted by atomic mass is 79.9. The minimum Gasteiger partial charge on any atom is -0.482 e. The Bertz CT molecular complexity index is 394.